The summed E-state index contributed by atoms with van der Waals surface area (Å²) in [4.78, 5) is 24.6. The van der Waals surface area contributed by atoms with Crippen LogP contribution in [-0.4, -0.2) is 63.6 Å². The number of carbonyl (C=O) groups is 2. The van der Waals surface area contributed by atoms with E-state index in [2.05, 4.69) is 5.32 Å². The zero-order valence-corrected chi connectivity index (χ0v) is 19.7. The molecule has 0 spiro atoms. The van der Waals surface area contributed by atoms with Crippen LogP contribution in [0.3, 0.4) is 0 Å². The molecule has 1 heterocycles. The van der Waals surface area contributed by atoms with Crippen molar-refractivity contribution in [3.8, 4) is 5.75 Å². The van der Waals surface area contributed by atoms with Gasteiger partial charge < -0.3 is 19.5 Å². The minimum Gasteiger partial charge on any atom is -0.482 e. The maximum atomic E-state index is 12.7. The Morgan fingerprint density at radius 1 is 1.09 bits per heavy atom. The molecule has 10 heteroatoms. The molecule has 0 aliphatic carbocycles. The van der Waals surface area contributed by atoms with Crippen LogP contribution in [0.2, 0.25) is 0 Å². The van der Waals surface area contributed by atoms with Crippen molar-refractivity contribution in [2.45, 2.75) is 31.8 Å². The summed E-state index contributed by atoms with van der Waals surface area (Å²) in [5.74, 6) is -0.638. The summed E-state index contributed by atoms with van der Waals surface area (Å²) in [7, 11) is -3.62. The molecule has 178 valence electrons. The number of hydrogen-bond donors (Lipinski definition) is 1. The molecule has 33 heavy (non-hydrogen) atoms. The van der Waals surface area contributed by atoms with Crippen molar-refractivity contribution < 1.29 is 32.2 Å². The van der Waals surface area contributed by atoms with Crippen molar-refractivity contribution >= 4 is 27.6 Å². The second-order valence-corrected chi connectivity index (χ2v) is 9.66. The van der Waals surface area contributed by atoms with E-state index in [0.29, 0.717) is 37.7 Å². The Kier molecular flexibility index (Phi) is 8.06. The van der Waals surface area contributed by atoms with Crippen molar-refractivity contribution in [2.24, 2.45) is 0 Å². The van der Waals surface area contributed by atoms with Crippen LogP contribution >= 0.6 is 0 Å². The summed E-state index contributed by atoms with van der Waals surface area (Å²) in [5, 5.41) is 2.61. The van der Waals surface area contributed by atoms with Gasteiger partial charge >= 0.3 is 5.97 Å². The number of sulfonamides is 1. The van der Waals surface area contributed by atoms with Crippen LogP contribution in [0.15, 0.2) is 47.4 Å². The Morgan fingerprint density at radius 3 is 2.42 bits per heavy atom. The van der Waals surface area contributed by atoms with Crippen LogP contribution < -0.4 is 10.1 Å². The molecular weight excluding hydrogens is 448 g/mol. The van der Waals surface area contributed by atoms with Gasteiger partial charge in [0.1, 0.15) is 5.75 Å². The van der Waals surface area contributed by atoms with Crippen LogP contribution in [0.1, 0.15) is 18.1 Å². The number of nitrogens with one attached hydrogen (secondary N) is 1. The van der Waals surface area contributed by atoms with Gasteiger partial charge in [0.25, 0.3) is 5.91 Å². The number of hydrogen-bond acceptors (Lipinski definition) is 7. The van der Waals surface area contributed by atoms with Crippen LogP contribution in [0.25, 0.3) is 0 Å². The van der Waals surface area contributed by atoms with Gasteiger partial charge in [-0.15, -0.1) is 0 Å². The van der Waals surface area contributed by atoms with Gasteiger partial charge in [0.15, 0.2) is 12.7 Å². The molecule has 0 radical (unpaired) electrons. The molecule has 1 aliphatic heterocycles. The predicted molar refractivity (Wildman–Crippen MR) is 122 cm³/mol. The average Bonchev–Trinajstić information content (AvgIpc) is 2.80. The van der Waals surface area contributed by atoms with Crippen LogP contribution in [0.5, 0.6) is 5.75 Å². The van der Waals surface area contributed by atoms with E-state index < -0.39 is 28.0 Å². The minimum absolute atomic E-state index is 0.130. The molecule has 1 N–H and O–H groups in total. The molecule has 1 fully saturated rings. The van der Waals surface area contributed by atoms with E-state index in [0.717, 1.165) is 11.1 Å². The van der Waals surface area contributed by atoms with Gasteiger partial charge in [0, 0.05) is 18.8 Å². The number of amides is 1. The Labute approximate surface area is 193 Å². The first-order valence-electron chi connectivity index (χ1n) is 10.5. The van der Waals surface area contributed by atoms with E-state index in [4.69, 9.17) is 14.2 Å². The Morgan fingerprint density at radius 2 is 1.76 bits per heavy atom. The molecule has 9 nitrogen and oxygen atoms in total. The Balaban J connectivity index is 1.51. The van der Waals surface area contributed by atoms with E-state index >= 15 is 0 Å². The Hall–Kier alpha value is -2.95. The zero-order chi connectivity index (χ0) is 24.0. The van der Waals surface area contributed by atoms with E-state index in [1.165, 1.54) is 35.5 Å². The van der Waals surface area contributed by atoms with Crippen molar-refractivity contribution in [1.82, 2.24) is 4.31 Å². The van der Waals surface area contributed by atoms with Gasteiger partial charge in [0.05, 0.1) is 18.1 Å². The third-order valence-corrected chi connectivity index (χ3v) is 7.01. The lowest BCUT2D eigenvalue weighted by atomic mass is 10.1. The van der Waals surface area contributed by atoms with Gasteiger partial charge in [-0.25, -0.2) is 13.2 Å². The number of esters is 1. The minimum atomic E-state index is -3.62. The van der Waals surface area contributed by atoms with Crippen LogP contribution in [-0.2, 0) is 29.1 Å². The van der Waals surface area contributed by atoms with E-state index in [9.17, 15) is 18.0 Å². The first kappa shape index (κ1) is 24.7. The predicted octanol–water partition coefficient (Wildman–Crippen LogP) is 2.27. The number of anilines is 1. The van der Waals surface area contributed by atoms with Gasteiger partial charge in [-0.3, -0.25) is 4.79 Å². The van der Waals surface area contributed by atoms with Crippen LogP contribution in [0, 0.1) is 13.8 Å². The number of morpholine rings is 1. The second kappa shape index (κ2) is 10.8. The molecule has 1 aliphatic rings. The highest BCUT2D eigenvalue weighted by Gasteiger charge is 2.26. The normalized spacial score (nSPS) is 15.5. The number of rotatable bonds is 8. The highest BCUT2D eigenvalue weighted by atomic mass is 32.2. The average molecular weight is 477 g/mol. The van der Waals surface area contributed by atoms with Crippen molar-refractivity contribution in [3.63, 3.8) is 0 Å². The summed E-state index contributed by atoms with van der Waals surface area (Å²) < 4.78 is 42.5. The molecule has 1 saturated heterocycles. The fourth-order valence-corrected chi connectivity index (χ4v) is 4.58. The first-order chi connectivity index (χ1) is 15.7. The first-order valence-corrected chi connectivity index (χ1v) is 12.0. The van der Waals surface area contributed by atoms with E-state index in [1.807, 2.05) is 32.0 Å². The largest absolute Gasteiger partial charge is 0.482 e. The molecule has 2 aromatic rings. The van der Waals surface area contributed by atoms with Gasteiger partial charge in [-0.1, -0.05) is 12.1 Å². The van der Waals surface area contributed by atoms with Crippen molar-refractivity contribution in [2.75, 3.05) is 38.2 Å². The quantitative estimate of drug-likeness (QED) is 0.582. The lowest BCUT2D eigenvalue weighted by molar-refractivity contribution is -0.155. The highest BCUT2D eigenvalue weighted by molar-refractivity contribution is 7.89. The molecule has 1 atom stereocenters. The van der Waals surface area contributed by atoms with Gasteiger partial charge in [-0.2, -0.15) is 4.31 Å². The number of benzene rings is 2. The topological polar surface area (TPSA) is 111 Å². The molecule has 1 amide bonds. The second-order valence-electron chi connectivity index (χ2n) is 7.72. The van der Waals surface area contributed by atoms with Crippen LogP contribution in [0.4, 0.5) is 5.69 Å². The molecular formula is C23H28N2O7S. The molecule has 0 saturated carbocycles. The molecule has 0 aromatic heterocycles. The SMILES string of the molecule is Cc1ccc(C)c(OCC(=O)OC(C)C(=O)Nc2ccc(S(=O)(=O)N3CCOCC3)cc2)c1. The van der Waals surface area contributed by atoms with Crippen molar-refractivity contribution in [3.05, 3.63) is 53.6 Å². The summed E-state index contributed by atoms with van der Waals surface area (Å²) >= 11 is 0. The smallest absolute Gasteiger partial charge is 0.344 e. The maximum absolute atomic E-state index is 12.7. The zero-order valence-electron chi connectivity index (χ0n) is 18.9. The van der Waals surface area contributed by atoms with E-state index in [1.54, 1.807) is 0 Å². The number of nitrogens with zero attached hydrogens (tertiary/aromatic N) is 1. The molecule has 3 rings (SSSR count). The molecule has 2 aromatic carbocycles. The highest BCUT2D eigenvalue weighted by Crippen LogP contribution is 2.20. The number of ether oxygens (including phenoxy) is 3. The fourth-order valence-electron chi connectivity index (χ4n) is 3.17. The molecule has 1 unspecified atom stereocenters. The number of carbonyl (C=O) groups excluding carboxylic acids is 2. The number of aryl methyl sites for hydroxylation is 2. The lowest BCUT2D eigenvalue weighted by Gasteiger charge is -2.26. The van der Waals surface area contributed by atoms with E-state index in [-0.39, 0.29) is 11.5 Å². The van der Waals surface area contributed by atoms with Crippen molar-refractivity contribution in [1.29, 1.82) is 0 Å². The third kappa shape index (κ3) is 6.53. The summed E-state index contributed by atoms with van der Waals surface area (Å²) in [5.41, 5.74) is 2.27. The molecule has 0 bridgehead atoms. The Bertz CT molecular complexity index is 1090. The van der Waals surface area contributed by atoms with Gasteiger partial charge in [0.2, 0.25) is 10.0 Å². The van der Waals surface area contributed by atoms with Gasteiger partial charge in [-0.05, 0) is 62.2 Å². The monoisotopic (exact) mass is 476 g/mol. The summed E-state index contributed by atoms with van der Waals surface area (Å²) in [6.45, 7) is 6.24. The fraction of sp³-hybridized carbons (Fsp3) is 0.391. The third-order valence-electron chi connectivity index (χ3n) is 5.10. The maximum Gasteiger partial charge on any atom is 0.344 e. The summed E-state index contributed by atoms with van der Waals surface area (Å²) in [6.07, 6.45) is -1.06. The lowest BCUT2D eigenvalue weighted by Crippen LogP contribution is -2.40. The summed E-state index contributed by atoms with van der Waals surface area (Å²) in [6, 6.07) is 11.5. The standard InChI is InChI=1S/C23H28N2O7S/c1-16-4-5-17(2)21(14-16)31-15-22(26)32-18(3)23(27)24-19-6-8-20(9-7-19)33(28,29)25-10-12-30-13-11-25/h4-9,14,18H,10-13,15H2,1-3H3,(H,24,27).